The molecule has 0 unspecified atom stereocenters. The summed E-state index contributed by atoms with van der Waals surface area (Å²) >= 11 is 0. The first kappa shape index (κ1) is 32.6. The summed E-state index contributed by atoms with van der Waals surface area (Å²) in [7, 11) is 0. The summed E-state index contributed by atoms with van der Waals surface area (Å²) in [5.41, 5.74) is 9.41. The van der Waals surface area contributed by atoms with Crippen molar-refractivity contribution in [3.63, 3.8) is 0 Å². The van der Waals surface area contributed by atoms with Crippen molar-refractivity contribution in [2.24, 2.45) is 11.7 Å². The van der Waals surface area contributed by atoms with Crippen molar-refractivity contribution in [3.8, 4) is 11.1 Å². The van der Waals surface area contributed by atoms with E-state index >= 15 is 0 Å². The van der Waals surface area contributed by atoms with Crippen LogP contribution in [0.15, 0.2) is 48.5 Å². The van der Waals surface area contributed by atoms with Crippen LogP contribution in [0, 0.1) is 5.92 Å². The number of esters is 1. The number of amides is 4. The molecule has 3 atom stereocenters. The van der Waals surface area contributed by atoms with Crippen LogP contribution in [-0.4, -0.2) is 72.2 Å². The molecule has 0 saturated carbocycles. The molecule has 43 heavy (non-hydrogen) atoms. The Hall–Kier alpha value is -4.94. The van der Waals surface area contributed by atoms with Crippen molar-refractivity contribution in [1.29, 1.82) is 0 Å². The Kier molecular flexibility index (Phi) is 11.2. The normalized spacial score (nSPS) is 14.0. The maximum atomic E-state index is 12.9. The zero-order valence-corrected chi connectivity index (χ0v) is 24.1. The standard InChI is InChI=1S/C30H36N4O9/c1-16(2)26(28(39)32-17(3)29(40)42-15-24(35)33-23(27(31)38)12-13-25(36)37)34-30(41)43-14-22-20-10-6-4-8-18(20)19-9-5-7-11-21(19)22/h4-11,16-17,22-23,26H,12-15H2,1-3H3,(H2,31,38)(H,32,39)(H,33,35)(H,34,41)(H,36,37)/t17-,23-,26-/m0/s1. The Morgan fingerprint density at radius 2 is 1.44 bits per heavy atom. The van der Waals surface area contributed by atoms with Crippen molar-refractivity contribution in [2.45, 2.75) is 57.7 Å². The Labute approximate surface area is 248 Å². The first-order valence-corrected chi connectivity index (χ1v) is 13.8. The van der Waals surface area contributed by atoms with Crippen molar-refractivity contribution >= 4 is 35.8 Å². The van der Waals surface area contributed by atoms with Gasteiger partial charge in [0.25, 0.3) is 5.91 Å². The van der Waals surface area contributed by atoms with Crippen LogP contribution < -0.4 is 21.7 Å². The minimum Gasteiger partial charge on any atom is -0.481 e. The fourth-order valence-electron chi connectivity index (χ4n) is 4.72. The van der Waals surface area contributed by atoms with Crippen LogP contribution >= 0.6 is 0 Å². The van der Waals surface area contributed by atoms with Gasteiger partial charge >= 0.3 is 18.0 Å². The van der Waals surface area contributed by atoms with Gasteiger partial charge in [0.05, 0.1) is 0 Å². The molecule has 1 aliphatic carbocycles. The number of primary amides is 1. The van der Waals surface area contributed by atoms with Crippen LogP contribution in [0.25, 0.3) is 11.1 Å². The Morgan fingerprint density at radius 1 is 0.860 bits per heavy atom. The lowest BCUT2D eigenvalue weighted by atomic mass is 9.98. The summed E-state index contributed by atoms with van der Waals surface area (Å²) in [5.74, 6) is -5.14. The molecule has 0 saturated heterocycles. The number of hydrogen-bond acceptors (Lipinski definition) is 8. The quantitative estimate of drug-likeness (QED) is 0.200. The monoisotopic (exact) mass is 596 g/mol. The van der Waals surface area contributed by atoms with Gasteiger partial charge in [-0.05, 0) is 41.5 Å². The number of carboxylic acid groups (broad SMARTS) is 1. The van der Waals surface area contributed by atoms with Gasteiger partial charge in [0.15, 0.2) is 6.61 Å². The van der Waals surface area contributed by atoms with Crippen molar-refractivity contribution < 1.29 is 43.3 Å². The van der Waals surface area contributed by atoms with Gasteiger partial charge in [-0.1, -0.05) is 62.4 Å². The third kappa shape index (κ3) is 8.77. The van der Waals surface area contributed by atoms with E-state index in [-0.39, 0.29) is 24.9 Å². The van der Waals surface area contributed by atoms with E-state index in [0.717, 1.165) is 22.3 Å². The largest absolute Gasteiger partial charge is 0.481 e. The molecular formula is C30H36N4O9. The second-order valence-electron chi connectivity index (χ2n) is 10.5. The second-order valence-corrected chi connectivity index (χ2v) is 10.5. The Morgan fingerprint density at radius 3 is 1.98 bits per heavy atom. The van der Waals surface area contributed by atoms with E-state index in [2.05, 4.69) is 16.0 Å². The number of nitrogens with one attached hydrogen (secondary N) is 3. The van der Waals surface area contributed by atoms with Gasteiger partial charge in [-0.25, -0.2) is 9.59 Å². The predicted octanol–water partition coefficient (Wildman–Crippen LogP) is 1.43. The SMILES string of the molecule is CC(C)[C@H](NC(=O)OCC1c2ccccc2-c2ccccc21)C(=O)N[C@@H](C)C(=O)OCC(=O)N[C@@H](CCC(=O)O)C(N)=O. The topological polar surface area (TPSA) is 203 Å². The molecule has 0 radical (unpaired) electrons. The van der Waals surface area contributed by atoms with E-state index in [1.165, 1.54) is 6.92 Å². The van der Waals surface area contributed by atoms with Crippen molar-refractivity contribution in [2.75, 3.05) is 13.2 Å². The third-order valence-electron chi connectivity index (χ3n) is 6.95. The molecule has 3 rings (SSSR count). The summed E-state index contributed by atoms with van der Waals surface area (Å²) in [6, 6.07) is 12.3. The zero-order valence-electron chi connectivity index (χ0n) is 24.1. The molecule has 6 N–H and O–H groups in total. The maximum absolute atomic E-state index is 12.9. The molecule has 0 aromatic heterocycles. The van der Waals surface area contributed by atoms with Crippen molar-refractivity contribution in [1.82, 2.24) is 16.0 Å². The number of aliphatic carboxylic acids is 1. The summed E-state index contributed by atoms with van der Waals surface area (Å²) in [6.07, 6.45) is -1.43. The van der Waals surface area contributed by atoms with E-state index in [1.807, 2.05) is 48.5 Å². The smallest absolute Gasteiger partial charge is 0.407 e. The van der Waals surface area contributed by atoms with Crippen LogP contribution in [0.4, 0.5) is 4.79 Å². The van der Waals surface area contributed by atoms with E-state index in [4.69, 9.17) is 20.3 Å². The average molecular weight is 597 g/mol. The van der Waals surface area contributed by atoms with Crippen molar-refractivity contribution in [3.05, 3.63) is 59.7 Å². The molecule has 2 aromatic rings. The first-order chi connectivity index (χ1) is 20.4. The van der Waals surface area contributed by atoms with Gasteiger partial charge in [-0.15, -0.1) is 0 Å². The lowest BCUT2D eigenvalue weighted by molar-refractivity contribution is -0.151. The highest BCUT2D eigenvalue weighted by atomic mass is 16.5. The van der Waals surface area contributed by atoms with Crippen LogP contribution in [-0.2, 0) is 33.4 Å². The summed E-state index contributed by atoms with van der Waals surface area (Å²) < 4.78 is 10.4. The third-order valence-corrected chi connectivity index (χ3v) is 6.95. The highest BCUT2D eigenvalue weighted by Gasteiger charge is 2.31. The molecular weight excluding hydrogens is 560 g/mol. The van der Waals surface area contributed by atoms with Gasteiger partial charge in [0.2, 0.25) is 11.8 Å². The number of benzene rings is 2. The van der Waals surface area contributed by atoms with Crippen LogP contribution in [0.3, 0.4) is 0 Å². The van der Waals surface area contributed by atoms with E-state index in [0.29, 0.717) is 0 Å². The Balaban J connectivity index is 1.50. The number of alkyl carbamates (subject to hydrolysis) is 1. The van der Waals surface area contributed by atoms with E-state index in [9.17, 15) is 28.8 Å². The van der Waals surface area contributed by atoms with Gasteiger partial charge < -0.3 is 36.3 Å². The molecule has 0 heterocycles. The molecule has 13 heteroatoms. The lowest BCUT2D eigenvalue weighted by Gasteiger charge is -2.24. The number of fused-ring (bicyclic) bond motifs is 3. The first-order valence-electron chi connectivity index (χ1n) is 13.8. The molecule has 1 aliphatic rings. The van der Waals surface area contributed by atoms with Crippen LogP contribution in [0.5, 0.6) is 0 Å². The Bertz CT molecular complexity index is 1330. The van der Waals surface area contributed by atoms with Crippen LogP contribution in [0.1, 0.15) is 50.7 Å². The van der Waals surface area contributed by atoms with Gasteiger partial charge in [-0.2, -0.15) is 0 Å². The number of carboxylic acids is 1. The minimum absolute atomic E-state index is 0.0595. The molecule has 0 bridgehead atoms. The highest BCUT2D eigenvalue weighted by molar-refractivity contribution is 5.91. The number of carbonyl (C=O) groups excluding carboxylic acids is 5. The fourth-order valence-corrected chi connectivity index (χ4v) is 4.72. The average Bonchev–Trinajstić information content (AvgIpc) is 3.28. The summed E-state index contributed by atoms with van der Waals surface area (Å²) in [5, 5.41) is 16.0. The van der Waals surface area contributed by atoms with E-state index in [1.54, 1.807) is 13.8 Å². The summed E-state index contributed by atoms with van der Waals surface area (Å²) in [6.45, 7) is 4.02. The molecule has 2 aromatic carbocycles. The number of hydrogen-bond donors (Lipinski definition) is 5. The number of ether oxygens (including phenoxy) is 2. The molecule has 0 fully saturated rings. The van der Waals surface area contributed by atoms with Gasteiger partial charge in [0, 0.05) is 12.3 Å². The molecule has 4 amide bonds. The second kappa shape index (κ2) is 14.8. The molecule has 13 nitrogen and oxygen atoms in total. The maximum Gasteiger partial charge on any atom is 0.407 e. The summed E-state index contributed by atoms with van der Waals surface area (Å²) in [4.78, 5) is 72.3. The van der Waals surface area contributed by atoms with E-state index < -0.39 is 66.9 Å². The number of nitrogens with two attached hydrogens (primary N) is 1. The van der Waals surface area contributed by atoms with Crippen LogP contribution in [0.2, 0.25) is 0 Å². The minimum atomic E-state index is -1.25. The number of rotatable bonds is 14. The number of carbonyl (C=O) groups is 6. The van der Waals surface area contributed by atoms with Gasteiger partial charge in [0.1, 0.15) is 24.7 Å². The molecule has 0 aliphatic heterocycles. The fraction of sp³-hybridized carbons (Fsp3) is 0.400. The zero-order chi connectivity index (χ0) is 31.7. The lowest BCUT2D eigenvalue weighted by Crippen LogP contribution is -2.53. The highest BCUT2D eigenvalue weighted by Crippen LogP contribution is 2.44. The molecule has 230 valence electrons. The molecule has 0 spiro atoms. The predicted molar refractivity (Wildman–Crippen MR) is 153 cm³/mol. The van der Waals surface area contributed by atoms with Gasteiger partial charge in [-0.3, -0.25) is 19.2 Å².